The molecule has 0 saturated heterocycles. The van der Waals surface area contributed by atoms with Crippen LogP contribution in [-0.2, 0) is 6.42 Å². The molecule has 0 saturated carbocycles. The van der Waals surface area contributed by atoms with Gasteiger partial charge < -0.3 is 4.74 Å². The van der Waals surface area contributed by atoms with Crippen LogP contribution in [0.3, 0.4) is 0 Å². The molecule has 2 unspecified atom stereocenters. The predicted molar refractivity (Wildman–Crippen MR) is 91.4 cm³/mol. The maximum Gasteiger partial charge on any atom is 0.127 e. The van der Waals surface area contributed by atoms with Gasteiger partial charge in [0.05, 0.1) is 12.0 Å². The average Bonchev–Trinajstić information content (AvgIpc) is 2.96. The molecule has 110 valence electrons. The molecule has 1 aliphatic heterocycles. The van der Waals surface area contributed by atoms with Crippen molar-refractivity contribution in [3.8, 4) is 5.75 Å². The summed E-state index contributed by atoms with van der Waals surface area (Å²) in [7, 11) is 0. The van der Waals surface area contributed by atoms with Gasteiger partial charge in [-0.1, -0.05) is 53.2 Å². The predicted octanol–water partition coefficient (Wildman–Crippen LogP) is 5.86. The van der Waals surface area contributed by atoms with Gasteiger partial charge in [-0.25, -0.2) is 0 Å². The molecule has 21 heavy (non-hydrogen) atoms. The largest absolute Gasteiger partial charge is 0.493 e. The molecule has 2 atom stereocenters. The van der Waals surface area contributed by atoms with Gasteiger partial charge in [0.25, 0.3) is 0 Å². The van der Waals surface area contributed by atoms with Gasteiger partial charge >= 0.3 is 0 Å². The van der Waals surface area contributed by atoms with Gasteiger partial charge in [-0.3, -0.25) is 0 Å². The molecule has 1 nitrogen and oxygen atoms in total. The van der Waals surface area contributed by atoms with Crippen LogP contribution in [0.25, 0.3) is 0 Å². The van der Waals surface area contributed by atoms with Crippen molar-refractivity contribution in [2.45, 2.75) is 31.1 Å². The second-order valence-electron chi connectivity index (χ2n) is 5.41. The minimum atomic E-state index is -0.0817. The van der Waals surface area contributed by atoms with Crippen molar-refractivity contribution in [2.75, 3.05) is 6.61 Å². The number of alkyl halides is 1. The lowest BCUT2D eigenvalue weighted by molar-refractivity contribution is 0.352. The zero-order chi connectivity index (χ0) is 14.8. The van der Waals surface area contributed by atoms with Gasteiger partial charge in [-0.2, -0.15) is 0 Å². The van der Waals surface area contributed by atoms with E-state index in [0.717, 1.165) is 35.2 Å². The minimum absolute atomic E-state index is 0.0817. The summed E-state index contributed by atoms with van der Waals surface area (Å²) in [6.07, 6.45) is 1.97. The highest BCUT2D eigenvalue weighted by atomic mass is 79.9. The zero-order valence-corrected chi connectivity index (χ0v) is 14.3. The molecule has 0 spiro atoms. The Morgan fingerprint density at radius 3 is 2.71 bits per heavy atom. The summed E-state index contributed by atoms with van der Waals surface area (Å²) in [5, 5.41) is -0.0817. The lowest BCUT2D eigenvalue weighted by Crippen LogP contribution is -2.07. The highest BCUT2D eigenvalue weighted by Gasteiger charge is 2.27. The quantitative estimate of drug-likeness (QED) is 0.617. The highest BCUT2D eigenvalue weighted by Crippen LogP contribution is 2.45. The van der Waals surface area contributed by atoms with Gasteiger partial charge in [0.15, 0.2) is 0 Å². The highest BCUT2D eigenvalue weighted by molar-refractivity contribution is 9.10. The molecule has 0 N–H and O–H groups in total. The molecule has 3 heteroatoms. The van der Waals surface area contributed by atoms with E-state index in [4.69, 9.17) is 16.3 Å². The summed E-state index contributed by atoms with van der Waals surface area (Å²) in [5.41, 5.74) is 3.65. The van der Waals surface area contributed by atoms with Gasteiger partial charge in [0.1, 0.15) is 5.75 Å². The molecule has 0 amide bonds. The van der Waals surface area contributed by atoms with Gasteiger partial charge in [0.2, 0.25) is 0 Å². The SMILES string of the molecule is CCC(c1ccccc1)C(Cl)c1cc(Br)cc2c1OCC2. The molecule has 3 rings (SSSR count). The minimum Gasteiger partial charge on any atom is -0.493 e. The Hall–Kier alpha value is -0.990. The van der Waals surface area contributed by atoms with Gasteiger partial charge in [0, 0.05) is 22.4 Å². The third kappa shape index (κ3) is 2.97. The summed E-state index contributed by atoms with van der Waals surface area (Å²) >= 11 is 10.5. The number of benzene rings is 2. The van der Waals surface area contributed by atoms with Crippen LogP contribution in [0, 0.1) is 0 Å². The third-order valence-corrected chi connectivity index (χ3v) is 5.09. The summed E-state index contributed by atoms with van der Waals surface area (Å²) in [6, 6.07) is 14.7. The summed E-state index contributed by atoms with van der Waals surface area (Å²) in [6.45, 7) is 2.94. The topological polar surface area (TPSA) is 9.23 Å². The van der Waals surface area contributed by atoms with E-state index in [9.17, 15) is 0 Å². The molecule has 1 aliphatic rings. The molecule has 0 radical (unpaired) electrons. The molecular formula is C18H18BrClO. The summed E-state index contributed by atoms with van der Waals surface area (Å²) < 4.78 is 6.91. The standard InChI is InChI=1S/C18H18BrClO/c1-2-15(12-6-4-3-5-7-12)17(20)16-11-14(19)10-13-8-9-21-18(13)16/h3-7,10-11,15,17H,2,8-9H2,1H3. The molecule has 2 aromatic rings. The first-order chi connectivity index (χ1) is 10.2. The Morgan fingerprint density at radius 2 is 2.00 bits per heavy atom. The monoisotopic (exact) mass is 364 g/mol. The fraction of sp³-hybridized carbons (Fsp3) is 0.333. The molecule has 0 fully saturated rings. The van der Waals surface area contributed by atoms with E-state index >= 15 is 0 Å². The van der Waals surface area contributed by atoms with Crippen LogP contribution in [0.4, 0.5) is 0 Å². The number of fused-ring (bicyclic) bond motifs is 1. The molecule has 1 heterocycles. The number of hydrogen-bond acceptors (Lipinski definition) is 1. The van der Waals surface area contributed by atoms with Gasteiger partial charge in [-0.05, 0) is 29.7 Å². The number of halogens is 2. The third-order valence-electron chi connectivity index (χ3n) is 4.10. The lowest BCUT2D eigenvalue weighted by atomic mass is 9.88. The van der Waals surface area contributed by atoms with E-state index in [1.54, 1.807) is 0 Å². The van der Waals surface area contributed by atoms with Crippen molar-refractivity contribution >= 4 is 27.5 Å². The van der Waals surface area contributed by atoms with E-state index in [-0.39, 0.29) is 11.3 Å². The summed E-state index contributed by atoms with van der Waals surface area (Å²) in [4.78, 5) is 0. The van der Waals surface area contributed by atoms with Crippen molar-refractivity contribution in [3.63, 3.8) is 0 Å². The van der Waals surface area contributed by atoms with Crippen molar-refractivity contribution < 1.29 is 4.74 Å². The Kier molecular flexibility index (Phi) is 4.56. The van der Waals surface area contributed by atoms with E-state index in [1.807, 2.05) is 6.07 Å². The second-order valence-corrected chi connectivity index (χ2v) is 6.79. The molecular weight excluding hydrogens is 348 g/mol. The Labute approximate surface area is 139 Å². The molecule has 0 aliphatic carbocycles. The van der Waals surface area contributed by atoms with Crippen molar-refractivity contribution in [2.24, 2.45) is 0 Å². The van der Waals surface area contributed by atoms with Crippen molar-refractivity contribution in [1.29, 1.82) is 0 Å². The maximum absolute atomic E-state index is 6.86. The van der Waals surface area contributed by atoms with Crippen molar-refractivity contribution in [1.82, 2.24) is 0 Å². The first-order valence-electron chi connectivity index (χ1n) is 7.34. The summed E-state index contributed by atoms with van der Waals surface area (Å²) in [5.74, 6) is 1.28. The second kappa shape index (κ2) is 6.41. The van der Waals surface area contributed by atoms with Crippen LogP contribution in [0.2, 0.25) is 0 Å². The van der Waals surface area contributed by atoms with Crippen LogP contribution in [0.1, 0.15) is 41.3 Å². The maximum atomic E-state index is 6.86. The first-order valence-corrected chi connectivity index (χ1v) is 8.57. The van der Waals surface area contributed by atoms with Crippen molar-refractivity contribution in [3.05, 3.63) is 63.6 Å². The molecule has 2 aromatic carbocycles. The van der Waals surface area contributed by atoms with Gasteiger partial charge in [-0.15, -0.1) is 11.6 Å². The Balaban J connectivity index is 2.00. The normalized spacial score (nSPS) is 16.1. The van der Waals surface area contributed by atoms with Crippen LogP contribution in [0.15, 0.2) is 46.9 Å². The number of rotatable bonds is 4. The fourth-order valence-electron chi connectivity index (χ4n) is 3.03. The fourth-order valence-corrected chi connectivity index (χ4v) is 4.04. The zero-order valence-electron chi connectivity index (χ0n) is 12.0. The van der Waals surface area contributed by atoms with E-state index in [2.05, 4.69) is 59.3 Å². The smallest absolute Gasteiger partial charge is 0.127 e. The lowest BCUT2D eigenvalue weighted by Gasteiger charge is -2.23. The number of ether oxygens (including phenoxy) is 1. The first kappa shape index (κ1) is 14.9. The number of hydrogen-bond donors (Lipinski definition) is 0. The van der Waals surface area contributed by atoms with E-state index in [1.165, 1.54) is 11.1 Å². The van der Waals surface area contributed by atoms with Crippen LogP contribution in [0.5, 0.6) is 5.75 Å². The molecule has 0 aromatic heterocycles. The Morgan fingerprint density at radius 1 is 1.24 bits per heavy atom. The molecule has 0 bridgehead atoms. The van der Waals surface area contributed by atoms with Crippen LogP contribution < -0.4 is 4.74 Å². The van der Waals surface area contributed by atoms with Crippen LogP contribution in [-0.4, -0.2) is 6.61 Å². The average molecular weight is 366 g/mol. The van der Waals surface area contributed by atoms with E-state index in [0.29, 0.717) is 0 Å². The Bertz CT molecular complexity index is 627. The van der Waals surface area contributed by atoms with Crippen LogP contribution >= 0.6 is 27.5 Å². The van der Waals surface area contributed by atoms with E-state index < -0.39 is 0 Å².